The van der Waals surface area contributed by atoms with Crippen LogP contribution in [0.2, 0.25) is 0 Å². The summed E-state index contributed by atoms with van der Waals surface area (Å²) in [5, 5.41) is 10.4. The Morgan fingerprint density at radius 1 is 1.48 bits per heavy atom. The summed E-state index contributed by atoms with van der Waals surface area (Å²) in [4.78, 5) is 9.50. The Kier molecular flexibility index (Phi) is 4.26. The number of hydrogen-bond donors (Lipinski definition) is 0. The van der Waals surface area contributed by atoms with Gasteiger partial charge in [0.05, 0.1) is 16.1 Å². The molecule has 21 heavy (non-hydrogen) atoms. The first-order valence-corrected chi connectivity index (χ1v) is 7.94. The van der Waals surface area contributed by atoms with Crippen LogP contribution in [0.5, 0.6) is 0 Å². The Hall–Kier alpha value is -1.79. The standard InChI is InChI=1S/C14H14ClN5S/c1-10-14(21-9-17-10)13(7-15)20-6-4-12(18-19-20)11-3-2-5-16-8-11/h2-6,8-9,12-13H,7H2,1H3. The lowest BCUT2D eigenvalue weighted by Crippen LogP contribution is -2.21. The predicted octanol–water partition coefficient (Wildman–Crippen LogP) is 4.06. The maximum absolute atomic E-state index is 6.11. The molecule has 2 unspecified atom stereocenters. The molecule has 0 saturated heterocycles. The van der Waals surface area contributed by atoms with Gasteiger partial charge in [0.15, 0.2) is 0 Å². The Morgan fingerprint density at radius 2 is 2.38 bits per heavy atom. The van der Waals surface area contributed by atoms with Gasteiger partial charge in [-0.25, -0.2) is 9.99 Å². The summed E-state index contributed by atoms with van der Waals surface area (Å²) in [6.45, 7) is 1.98. The second kappa shape index (κ2) is 6.32. The number of aryl methyl sites for hydroxylation is 1. The van der Waals surface area contributed by atoms with Gasteiger partial charge in [0.2, 0.25) is 0 Å². The van der Waals surface area contributed by atoms with E-state index in [0.717, 1.165) is 16.1 Å². The minimum absolute atomic E-state index is 0.0333. The summed E-state index contributed by atoms with van der Waals surface area (Å²) in [7, 11) is 0. The highest BCUT2D eigenvalue weighted by Crippen LogP contribution is 2.32. The third-order valence-corrected chi connectivity index (χ3v) is 4.60. The zero-order chi connectivity index (χ0) is 14.7. The minimum atomic E-state index is -0.0894. The number of rotatable bonds is 4. The minimum Gasteiger partial charge on any atom is -0.264 e. The molecule has 0 fully saturated rings. The molecule has 0 aromatic carbocycles. The quantitative estimate of drug-likeness (QED) is 0.798. The third-order valence-electron chi connectivity index (χ3n) is 3.28. The molecule has 0 radical (unpaired) electrons. The fourth-order valence-electron chi connectivity index (χ4n) is 2.14. The second-order valence-corrected chi connectivity index (χ2v) is 5.82. The van der Waals surface area contributed by atoms with E-state index >= 15 is 0 Å². The highest BCUT2D eigenvalue weighted by molar-refractivity contribution is 7.09. The van der Waals surface area contributed by atoms with E-state index in [2.05, 4.69) is 20.3 Å². The summed E-state index contributed by atoms with van der Waals surface area (Å²) < 4.78 is 0. The fourth-order valence-corrected chi connectivity index (χ4v) is 3.42. The molecular weight excluding hydrogens is 306 g/mol. The molecule has 5 nitrogen and oxygen atoms in total. The number of nitrogens with zero attached hydrogens (tertiary/aromatic N) is 5. The van der Waals surface area contributed by atoms with Crippen LogP contribution in [0.1, 0.15) is 28.2 Å². The Bertz CT molecular complexity index is 640. The van der Waals surface area contributed by atoms with E-state index < -0.39 is 0 Å². The van der Waals surface area contributed by atoms with E-state index in [4.69, 9.17) is 11.6 Å². The number of thiazole rings is 1. The third kappa shape index (κ3) is 2.96. The number of aromatic nitrogens is 2. The molecule has 0 bridgehead atoms. The van der Waals surface area contributed by atoms with E-state index in [1.54, 1.807) is 28.7 Å². The van der Waals surface area contributed by atoms with Crippen LogP contribution in [0.25, 0.3) is 0 Å². The predicted molar refractivity (Wildman–Crippen MR) is 83.1 cm³/mol. The van der Waals surface area contributed by atoms with Crippen LogP contribution in [-0.2, 0) is 0 Å². The van der Waals surface area contributed by atoms with Crippen molar-refractivity contribution < 1.29 is 0 Å². The zero-order valence-electron chi connectivity index (χ0n) is 11.4. The summed E-state index contributed by atoms with van der Waals surface area (Å²) in [5.74, 6) is 0.434. The Labute approximate surface area is 132 Å². The smallest absolute Gasteiger partial charge is 0.119 e. The van der Waals surface area contributed by atoms with Crippen molar-refractivity contribution in [1.29, 1.82) is 0 Å². The second-order valence-electron chi connectivity index (χ2n) is 4.63. The maximum atomic E-state index is 6.11. The van der Waals surface area contributed by atoms with Crippen LogP contribution >= 0.6 is 22.9 Å². The Balaban J connectivity index is 1.78. The van der Waals surface area contributed by atoms with Gasteiger partial charge in [0.1, 0.15) is 12.1 Å². The van der Waals surface area contributed by atoms with E-state index in [1.165, 1.54) is 0 Å². The van der Waals surface area contributed by atoms with Crippen molar-refractivity contribution in [2.75, 3.05) is 5.88 Å². The molecule has 3 heterocycles. The summed E-state index contributed by atoms with van der Waals surface area (Å²) >= 11 is 7.70. The highest BCUT2D eigenvalue weighted by atomic mass is 35.5. The van der Waals surface area contributed by atoms with Crippen molar-refractivity contribution in [1.82, 2.24) is 15.0 Å². The van der Waals surface area contributed by atoms with Crippen LogP contribution in [0.4, 0.5) is 0 Å². The van der Waals surface area contributed by atoms with E-state index in [9.17, 15) is 0 Å². The zero-order valence-corrected chi connectivity index (χ0v) is 13.0. The molecular formula is C14H14ClN5S. The largest absolute Gasteiger partial charge is 0.264 e. The van der Waals surface area contributed by atoms with Crippen LogP contribution in [-0.4, -0.2) is 20.9 Å². The van der Waals surface area contributed by atoms with Crippen molar-refractivity contribution >= 4 is 22.9 Å². The molecule has 108 valence electrons. The molecule has 1 aliphatic rings. The van der Waals surface area contributed by atoms with Crippen LogP contribution < -0.4 is 0 Å². The molecule has 2 aromatic rings. The monoisotopic (exact) mass is 319 g/mol. The number of hydrogen-bond acceptors (Lipinski definition) is 6. The number of halogens is 1. The number of alkyl halides is 1. The van der Waals surface area contributed by atoms with Crippen molar-refractivity contribution in [3.8, 4) is 0 Å². The lowest BCUT2D eigenvalue weighted by atomic mass is 10.1. The van der Waals surface area contributed by atoms with E-state index in [1.807, 2.05) is 36.8 Å². The van der Waals surface area contributed by atoms with Gasteiger partial charge in [0.25, 0.3) is 0 Å². The first-order chi connectivity index (χ1) is 10.3. The van der Waals surface area contributed by atoms with Gasteiger partial charge in [0, 0.05) is 30.0 Å². The van der Waals surface area contributed by atoms with Gasteiger partial charge in [-0.15, -0.1) is 22.9 Å². The molecule has 7 heteroatoms. The maximum Gasteiger partial charge on any atom is 0.119 e. The topological polar surface area (TPSA) is 53.7 Å². The molecule has 2 aromatic heterocycles. The van der Waals surface area contributed by atoms with Crippen molar-refractivity contribution in [3.63, 3.8) is 0 Å². The first kappa shape index (κ1) is 14.2. The van der Waals surface area contributed by atoms with E-state index in [-0.39, 0.29) is 12.1 Å². The van der Waals surface area contributed by atoms with Crippen LogP contribution in [0.3, 0.4) is 0 Å². The molecule has 0 spiro atoms. The van der Waals surface area contributed by atoms with E-state index in [0.29, 0.717) is 5.88 Å². The number of pyridine rings is 1. The summed E-state index contributed by atoms with van der Waals surface area (Å²) in [5.41, 5.74) is 3.84. The van der Waals surface area contributed by atoms with Gasteiger partial charge in [-0.05, 0) is 19.1 Å². The SMILES string of the molecule is Cc1ncsc1C(CCl)N1C=CC(c2cccnc2)N=N1. The fraction of sp³-hybridized carbons (Fsp3) is 0.286. The molecule has 0 saturated carbocycles. The summed E-state index contributed by atoms with van der Waals surface area (Å²) in [6.07, 6.45) is 7.47. The lowest BCUT2D eigenvalue weighted by molar-refractivity contribution is 0.280. The van der Waals surface area contributed by atoms with Gasteiger partial charge < -0.3 is 0 Å². The normalized spacial score (nSPS) is 19.0. The Morgan fingerprint density at radius 3 is 2.95 bits per heavy atom. The lowest BCUT2D eigenvalue weighted by Gasteiger charge is -2.26. The highest BCUT2D eigenvalue weighted by Gasteiger charge is 2.23. The average Bonchev–Trinajstić information content (AvgIpc) is 2.96. The molecule has 0 aliphatic carbocycles. The van der Waals surface area contributed by atoms with Gasteiger partial charge >= 0.3 is 0 Å². The van der Waals surface area contributed by atoms with Crippen molar-refractivity contribution in [3.05, 3.63) is 58.4 Å². The summed E-state index contributed by atoms with van der Waals surface area (Å²) in [6, 6.07) is 3.76. The molecule has 0 N–H and O–H groups in total. The van der Waals surface area contributed by atoms with Crippen molar-refractivity contribution in [2.24, 2.45) is 10.3 Å². The molecule has 3 rings (SSSR count). The van der Waals surface area contributed by atoms with Crippen molar-refractivity contribution in [2.45, 2.75) is 19.0 Å². The average molecular weight is 320 g/mol. The first-order valence-electron chi connectivity index (χ1n) is 6.53. The van der Waals surface area contributed by atoms with Gasteiger partial charge in [-0.2, -0.15) is 5.11 Å². The molecule has 0 amide bonds. The van der Waals surface area contributed by atoms with Gasteiger partial charge in [-0.1, -0.05) is 11.3 Å². The van der Waals surface area contributed by atoms with Crippen LogP contribution in [0.15, 0.2) is 52.7 Å². The van der Waals surface area contributed by atoms with Crippen LogP contribution in [0, 0.1) is 6.92 Å². The molecule has 2 atom stereocenters. The van der Waals surface area contributed by atoms with Gasteiger partial charge in [-0.3, -0.25) is 4.98 Å². The molecule has 1 aliphatic heterocycles.